The van der Waals surface area contributed by atoms with E-state index >= 15 is 0 Å². The molecule has 0 aliphatic carbocycles. The Kier molecular flexibility index (Phi) is 4.92. The van der Waals surface area contributed by atoms with E-state index in [0.29, 0.717) is 11.3 Å². The van der Waals surface area contributed by atoms with E-state index in [1.807, 2.05) is 6.92 Å². The van der Waals surface area contributed by atoms with Crippen molar-refractivity contribution in [2.24, 2.45) is 0 Å². The second-order valence-electron chi connectivity index (χ2n) is 3.84. The smallest absolute Gasteiger partial charge is 0.423 e. The molecule has 0 radical (unpaired) electrons. The number of thioether (sulfide) groups is 1. The lowest BCUT2D eigenvalue weighted by molar-refractivity contribution is 0.425. The fourth-order valence-electron chi connectivity index (χ4n) is 1.42. The Morgan fingerprint density at radius 1 is 1.42 bits per heavy atom. The monoisotopic (exact) mass is 298 g/mol. The summed E-state index contributed by atoms with van der Waals surface area (Å²) < 4.78 is 18.7. The number of hydrogen-bond donors (Lipinski definition) is 2. The fourth-order valence-corrected chi connectivity index (χ4v) is 3.10. The number of halogens is 1. The maximum Gasteiger partial charge on any atom is 0.488 e. The Balaban J connectivity index is 2.03. The Morgan fingerprint density at radius 3 is 2.79 bits per heavy atom. The molecule has 0 amide bonds. The lowest BCUT2D eigenvalue weighted by Gasteiger charge is -2.04. The Hall–Kier alpha value is -0.955. The van der Waals surface area contributed by atoms with Crippen LogP contribution in [0.4, 0.5) is 4.39 Å². The van der Waals surface area contributed by atoms with Gasteiger partial charge in [0.25, 0.3) is 0 Å². The predicted molar refractivity (Wildman–Crippen MR) is 75.1 cm³/mol. The average molecular weight is 298 g/mol. The minimum Gasteiger partial charge on any atom is -0.423 e. The number of hydrogen-bond acceptors (Lipinski definition) is 6. The van der Waals surface area contributed by atoms with Gasteiger partial charge in [0.2, 0.25) is 0 Å². The first-order chi connectivity index (χ1) is 9.10. The van der Waals surface area contributed by atoms with E-state index in [-0.39, 0.29) is 5.46 Å². The summed E-state index contributed by atoms with van der Waals surface area (Å²) >= 11 is 2.72. The first-order valence-electron chi connectivity index (χ1n) is 5.70. The van der Waals surface area contributed by atoms with Gasteiger partial charge in [0, 0.05) is 12.2 Å². The highest BCUT2D eigenvalue weighted by molar-refractivity contribution is 8.00. The van der Waals surface area contributed by atoms with Crippen LogP contribution in [-0.4, -0.2) is 26.5 Å². The Morgan fingerprint density at radius 2 is 2.21 bits per heavy atom. The van der Waals surface area contributed by atoms with Crippen molar-refractivity contribution >= 4 is 35.9 Å². The van der Waals surface area contributed by atoms with Crippen molar-refractivity contribution in [3.05, 3.63) is 35.4 Å². The summed E-state index contributed by atoms with van der Waals surface area (Å²) in [6, 6.07) is 4.19. The first kappa shape index (κ1) is 14.5. The van der Waals surface area contributed by atoms with Crippen LogP contribution in [0.1, 0.15) is 18.3 Å². The molecule has 8 heteroatoms. The quantitative estimate of drug-likeness (QED) is 0.641. The second-order valence-corrected chi connectivity index (χ2v) is 5.82. The molecule has 0 atom stereocenters. The standard InChI is InChI=1S/C11H12BFN2O2S2/c1-2-10-14-11(19-15-10)18-6-7-3-4-8(12(16)17)5-9(7)13/h3-5,16-17H,2,6H2,1H3. The number of rotatable bonds is 5. The zero-order chi connectivity index (χ0) is 13.8. The summed E-state index contributed by atoms with van der Waals surface area (Å²) in [6.45, 7) is 1.98. The minimum absolute atomic E-state index is 0.149. The van der Waals surface area contributed by atoms with E-state index in [2.05, 4.69) is 9.36 Å². The van der Waals surface area contributed by atoms with Gasteiger partial charge in [0.1, 0.15) is 11.6 Å². The van der Waals surface area contributed by atoms with Crippen molar-refractivity contribution in [2.75, 3.05) is 0 Å². The summed E-state index contributed by atoms with van der Waals surface area (Å²) in [4.78, 5) is 4.29. The molecule has 100 valence electrons. The molecule has 1 aromatic heterocycles. The lowest BCUT2D eigenvalue weighted by Crippen LogP contribution is -2.30. The third kappa shape index (κ3) is 3.76. The molecule has 0 saturated carbocycles. The van der Waals surface area contributed by atoms with Crippen LogP contribution in [0.3, 0.4) is 0 Å². The molecule has 1 aromatic carbocycles. The topological polar surface area (TPSA) is 66.2 Å². The number of benzene rings is 1. The zero-order valence-corrected chi connectivity index (χ0v) is 11.8. The minimum atomic E-state index is -1.65. The predicted octanol–water partition coefficient (Wildman–Crippen LogP) is 1.21. The SMILES string of the molecule is CCc1nsc(SCc2ccc(B(O)O)cc2F)n1. The van der Waals surface area contributed by atoms with Crippen molar-refractivity contribution < 1.29 is 14.4 Å². The van der Waals surface area contributed by atoms with Gasteiger partial charge in [-0.1, -0.05) is 30.8 Å². The third-order valence-corrected chi connectivity index (χ3v) is 4.41. The third-order valence-electron chi connectivity index (χ3n) is 2.49. The fraction of sp³-hybridized carbons (Fsp3) is 0.273. The largest absolute Gasteiger partial charge is 0.488 e. The molecule has 0 fully saturated rings. The van der Waals surface area contributed by atoms with E-state index in [1.165, 1.54) is 29.4 Å². The Labute approximate surface area is 119 Å². The van der Waals surface area contributed by atoms with Gasteiger partial charge in [-0.3, -0.25) is 0 Å². The van der Waals surface area contributed by atoms with Gasteiger partial charge < -0.3 is 10.0 Å². The summed E-state index contributed by atoms with van der Waals surface area (Å²) in [6.07, 6.45) is 0.786. The highest BCUT2D eigenvalue weighted by Crippen LogP contribution is 2.25. The van der Waals surface area contributed by atoms with Crippen molar-refractivity contribution in [2.45, 2.75) is 23.4 Å². The van der Waals surface area contributed by atoms with Crippen LogP contribution in [0.25, 0.3) is 0 Å². The van der Waals surface area contributed by atoms with Crippen molar-refractivity contribution in [3.63, 3.8) is 0 Å². The van der Waals surface area contributed by atoms with Crippen LogP contribution in [0.2, 0.25) is 0 Å². The molecule has 0 saturated heterocycles. The van der Waals surface area contributed by atoms with E-state index in [1.54, 1.807) is 6.07 Å². The molecule has 2 rings (SSSR count). The van der Waals surface area contributed by atoms with Crippen molar-refractivity contribution in [3.8, 4) is 0 Å². The normalized spacial score (nSPS) is 10.7. The highest BCUT2D eigenvalue weighted by atomic mass is 32.2. The second kappa shape index (κ2) is 6.47. The molecular formula is C11H12BFN2O2S2. The van der Waals surface area contributed by atoms with Crippen LogP contribution >= 0.6 is 23.3 Å². The van der Waals surface area contributed by atoms with E-state index in [0.717, 1.165) is 22.7 Å². The number of aryl methyl sites for hydroxylation is 1. The maximum absolute atomic E-state index is 13.7. The van der Waals surface area contributed by atoms with Gasteiger partial charge in [0.05, 0.1) is 0 Å². The van der Waals surface area contributed by atoms with Gasteiger partial charge in [0.15, 0.2) is 4.34 Å². The maximum atomic E-state index is 13.7. The zero-order valence-electron chi connectivity index (χ0n) is 10.2. The molecule has 0 unspecified atom stereocenters. The summed E-state index contributed by atoms with van der Waals surface area (Å²) in [5, 5.41) is 17.9. The van der Waals surface area contributed by atoms with E-state index in [4.69, 9.17) is 10.0 Å². The summed E-state index contributed by atoms with van der Waals surface area (Å²) in [7, 11) is -1.65. The molecule has 1 heterocycles. The molecule has 19 heavy (non-hydrogen) atoms. The van der Waals surface area contributed by atoms with Crippen LogP contribution in [-0.2, 0) is 12.2 Å². The lowest BCUT2D eigenvalue weighted by atomic mass is 9.80. The molecule has 4 nitrogen and oxygen atoms in total. The molecule has 0 spiro atoms. The highest BCUT2D eigenvalue weighted by Gasteiger charge is 2.14. The van der Waals surface area contributed by atoms with Gasteiger partial charge in [-0.05, 0) is 28.6 Å². The van der Waals surface area contributed by atoms with Gasteiger partial charge in [-0.15, -0.1) is 0 Å². The van der Waals surface area contributed by atoms with Crippen LogP contribution in [0, 0.1) is 5.82 Å². The molecule has 2 aromatic rings. The van der Waals surface area contributed by atoms with Crippen LogP contribution < -0.4 is 5.46 Å². The average Bonchev–Trinajstić information content (AvgIpc) is 2.85. The molecule has 0 bridgehead atoms. The van der Waals surface area contributed by atoms with Crippen LogP contribution in [0.5, 0.6) is 0 Å². The molecule has 0 aliphatic rings. The van der Waals surface area contributed by atoms with Crippen molar-refractivity contribution in [1.29, 1.82) is 0 Å². The Bertz CT molecular complexity index is 565. The number of aromatic nitrogens is 2. The summed E-state index contributed by atoms with van der Waals surface area (Å²) in [5.74, 6) is 0.788. The molecule has 2 N–H and O–H groups in total. The first-order valence-corrected chi connectivity index (χ1v) is 7.46. The molecular weight excluding hydrogens is 286 g/mol. The van der Waals surface area contributed by atoms with E-state index in [9.17, 15) is 4.39 Å². The van der Waals surface area contributed by atoms with Gasteiger partial charge in [-0.2, -0.15) is 4.37 Å². The van der Waals surface area contributed by atoms with Crippen molar-refractivity contribution in [1.82, 2.24) is 9.36 Å². The number of nitrogens with zero attached hydrogens (tertiary/aromatic N) is 2. The van der Waals surface area contributed by atoms with Gasteiger partial charge in [-0.25, -0.2) is 9.37 Å². The summed E-state index contributed by atoms with van der Waals surface area (Å²) in [5.41, 5.74) is 0.651. The van der Waals surface area contributed by atoms with E-state index < -0.39 is 12.9 Å². The van der Waals surface area contributed by atoms with Crippen LogP contribution in [0.15, 0.2) is 22.5 Å². The van der Waals surface area contributed by atoms with Gasteiger partial charge >= 0.3 is 7.12 Å². The molecule has 0 aliphatic heterocycles.